The van der Waals surface area contributed by atoms with Crippen LogP contribution in [0.3, 0.4) is 0 Å². The van der Waals surface area contributed by atoms with Gasteiger partial charge in [0.2, 0.25) is 5.91 Å². The summed E-state index contributed by atoms with van der Waals surface area (Å²) in [6, 6.07) is 9.88. The van der Waals surface area contributed by atoms with Gasteiger partial charge in [-0.05, 0) is 34.3 Å². The van der Waals surface area contributed by atoms with E-state index in [0.29, 0.717) is 10.4 Å². The highest BCUT2D eigenvalue weighted by Crippen LogP contribution is 2.48. The molecule has 1 amide bonds. The summed E-state index contributed by atoms with van der Waals surface area (Å²) in [5.74, 6) is 0.478. The van der Waals surface area contributed by atoms with E-state index < -0.39 is 0 Å². The average Bonchev–Trinajstić information content (AvgIpc) is 3.24. The molecular formula is C14H12BrN3O. The van der Waals surface area contributed by atoms with Crippen molar-refractivity contribution in [2.24, 2.45) is 0 Å². The Balaban J connectivity index is 1.79. The number of carbonyl (C=O) groups excluding carboxylic acids is 1. The maximum Gasteiger partial charge on any atom is 0.236 e. The number of nitrogens with one attached hydrogen (secondary N) is 1. The molecule has 1 aliphatic carbocycles. The van der Waals surface area contributed by atoms with Gasteiger partial charge >= 0.3 is 0 Å². The van der Waals surface area contributed by atoms with Crippen molar-refractivity contribution in [2.45, 2.75) is 18.3 Å². The second-order valence-electron chi connectivity index (χ2n) is 4.63. The number of halogens is 1. The van der Waals surface area contributed by atoms with Crippen molar-refractivity contribution in [1.29, 1.82) is 0 Å². The van der Waals surface area contributed by atoms with E-state index in [-0.39, 0.29) is 11.3 Å². The van der Waals surface area contributed by atoms with Gasteiger partial charge in [-0.15, -0.1) is 0 Å². The number of benzene rings is 1. The van der Waals surface area contributed by atoms with E-state index in [1.165, 1.54) is 0 Å². The van der Waals surface area contributed by atoms with Crippen LogP contribution >= 0.6 is 15.9 Å². The van der Waals surface area contributed by atoms with Crippen molar-refractivity contribution in [1.82, 2.24) is 9.97 Å². The molecule has 0 radical (unpaired) electrons. The van der Waals surface area contributed by atoms with Crippen LogP contribution in [0.15, 0.2) is 47.3 Å². The molecule has 0 unspecified atom stereocenters. The number of carbonyl (C=O) groups is 1. The quantitative estimate of drug-likeness (QED) is 0.947. The highest BCUT2D eigenvalue weighted by atomic mass is 79.9. The van der Waals surface area contributed by atoms with Crippen molar-refractivity contribution in [3.05, 3.63) is 52.9 Å². The van der Waals surface area contributed by atoms with E-state index in [0.717, 1.165) is 18.4 Å². The third kappa shape index (κ3) is 2.38. The topological polar surface area (TPSA) is 54.9 Å². The maximum atomic E-state index is 12.4. The molecule has 0 atom stereocenters. The monoisotopic (exact) mass is 317 g/mol. The summed E-state index contributed by atoms with van der Waals surface area (Å²) >= 11 is 3.21. The standard InChI is InChI=1S/C14H12BrN3O/c15-11-8-17-12(9-16-11)18-13(19)14(6-7-14)10-4-2-1-3-5-10/h1-5,8-9H,6-7H2,(H,17,18,19). The van der Waals surface area contributed by atoms with Gasteiger partial charge < -0.3 is 5.32 Å². The molecule has 1 fully saturated rings. The first kappa shape index (κ1) is 12.3. The second kappa shape index (κ2) is 4.74. The molecule has 0 saturated heterocycles. The molecule has 19 heavy (non-hydrogen) atoms. The average molecular weight is 318 g/mol. The van der Waals surface area contributed by atoms with E-state index in [2.05, 4.69) is 31.2 Å². The van der Waals surface area contributed by atoms with Crippen LogP contribution in [0.2, 0.25) is 0 Å². The minimum Gasteiger partial charge on any atom is -0.309 e. The number of anilines is 1. The van der Waals surface area contributed by atoms with E-state index in [1.54, 1.807) is 12.4 Å². The summed E-state index contributed by atoms with van der Waals surface area (Å²) in [7, 11) is 0. The van der Waals surface area contributed by atoms with Gasteiger partial charge in [0, 0.05) is 0 Å². The third-order valence-electron chi connectivity index (χ3n) is 3.37. The molecule has 1 aromatic carbocycles. The normalized spacial score (nSPS) is 15.8. The van der Waals surface area contributed by atoms with Crippen molar-refractivity contribution in [3.8, 4) is 0 Å². The summed E-state index contributed by atoms with van der Waals surface area (Å²) in [5, 5.41) is 2.84. The number of aromatic nitrogens is 2. The summed E-state index contributed by atoms with van der Waals surface area (Å²) in [5.41, 5.74) is 0.688. The minimum atomic E-state index is -0.379. The Hall–Kier alpha value is -1.75. The highest BCUT2D eigenvalue weighted by molar-refractivity contribution is 9.10. The summed E-state index contributed by atoms with van der Waals surface area (Å²) < 4.78 is 0.648. The van der Waals surface area contributed by atoms with Crippen LogP contribution < -0.4 is 5.32 Å². The number of nitrogens with zero attached hydrogens (tertiary/aromatic N) is 2. The molecule has 3 rings (SSSR count). The maximum absolute atomic E-state index is 12.4. The minimum absolute atomic E-state index is 0.00433. The van der Waals surface area contributed by atoms with Crippen LogP contribution in [-0.2, 0) is 10.2 Å². The zero-order valence-corrected chi connectivity index (χ0v) is 11.7. The van der Waals surface area contributed by atoms with Crippen molar-refractivity contribution >= 4 is 27.7 Å². The van der Waals surface area contributed by atoms with Gasteiger partial charge in [-0.1, -0.05) is 30.3 Å². The Morgan fingerprint density at radius 2 is 1.89 bits per heavy atom. The Bertz CT molecular complexity index is 594. The molecule has 0 aliphatic heterocycles. The van der Waals surface area contributed by atoms with Gasteiger partial charge in [0.25, 0.3) is 0 Å². The van der Waals surface area contributed by atoms with E-state index in [1.807, 2.05) is 30.3 Å². The van der Waals surface area contributed by atoms with E-state index in [4.69, 9.17) is 0 Å². The largest absolute Gasteiger partial charge is 0.309 e. The van der Waals surface area contributed by atoms with Crippen LogP contribution in [-0.4, -0.2) is 15.9 Å². The van der Waals surface area contributed by atoms with Gasteiger partial charge in [-0.2, -0.15) is 0 Å². The molecule has 5 heteroatoms. The summed E-state index contributed by atoms with van der Waals surface area (Å²) in [6.45, 7) is 0. The smallest absolute Gasteiger partial charge is 0.236 e. The summed E-state index contributed by atoms with van der Waals surface area (Å²) in [6.07, 6.45) is 4.88. The highest BCUT2D eigenvalue weighted by Gasteiger charge is 2.51. The van der Waals surface area contributed by atoms with Crippen molar-refractivity contribution in [3.63, 3.8) is 0 Å². The van der Waals surface area contributed by atoms with Crippen LogP contribution in [0.5, 0.6) is 0 Å². The molecule has 1 N–H and O–H groups in total. The molecule has 0 bridgehead atoms. The molecule has 4 nitrogen and oxygen atoms in total. The van der Waals surface area contributed by atoms with Crippen LogP contribution in [0, 0.1) is 0 Å². The summed E-state index contributed by atoms with van der Waals surface area (Å²) in [4.78, 5) is 20.6. The second-order valence-corrected chi connectivity index (χ2v) is 5.44. The predicted octanol–water partition coefficient (Wildman–Crippen LogP) is 2.91. The van der Waals surface area contributed by atoms with Gasteiger partial charge in [0.1, 0.15) is 4.60 Å². The molecule has 1 aromatic heterocycles. The van der Waals surface area contributed by atoms with Crippen molar-refractivity contribution < 1.29 is 4.79 Å². The zero-order valence-electron chi connectivity index (χ0n) is 10.1. The Labute approximate surface area is 119 Å². The Kier molecular flexibility index (Phi) is 3.06. The first-order chi connectivity index (χ1) is 9.21. The van der Waals surface area contributed by atoms with Gasteiger partial charge in [0.05, 0.1) is 17.8 Å². The molecule has 1 saturated carbocycles. The van der Waals surface area contributed by atoms with Crippen LogP contribution in [0.1, 0.15) is 18.4 Å². The van der Waals surface area contributed by atoms with Gasteiger partial charge in [0.15, 0.2) is 5.82 Å². The fraction of sp³-hybridized carbons (Fsp3) is 0.214. The number of rotatable bonds is 3. The van der Waals surface area contributed by atoms with Crippen molar-refractivity contribution in [2.75, 3.05) is 5.32 Å². The first-order valence-corrected chi connectivity index (χ1v) is 6.84. The lowest BCUT2D eigenvalue weighted by molar-refractivity contribution is -0.118. The SMILES string of the molecule is O=C(Nc1cnc(Br)cn1)C1(c2ccccc2)CC1. The van der Waals surface area contributed by atoms with Gasteiger partial charge in [-0.3, -0.25) is 4.79 Å². The van der Waals surface area contributed by atoms with Gasteiger partial charge in [-0.25, -0.2) is 9.97 Å². The first-order valence-electron chi connectivity index (χ1n) is 6.05. The number of hydrogen-bond donors (Lipinski definition) is 1. The fourth-order valence-corrected chi connectivity index (χ4v) is 2.35. The Morgan fingerprint density at radius 3 is 2.47 bits per heavy atom. The number of amides is 1. The molecule has 96 valence electrons. The van der Waals surface area contributed by atoms with E-state index in [9.17, 15) is 4.79 Å². The lowest BCUT2D eigenvalue weighted by Gasteiger charge is -2.15. The molecule has 2 aromatic rings. The Morgan fingerprint density at radius 1 is 1.16 bits per heavy atom. The van der Waals surface area contributed by atoms with Crippen LogP contribution in [0.4, 0.5) is 5.82 Å². The lowest BCUT2D eigenvalue weighted by Crippen LogP contribution is -2.28. The lowest BCUT2D eigenvalue weighted by atomic mass is 9.95. The number of hydrogen-bond acceptors (Lipinski definition) is 3. The predicted molar refractivity (Wildman–Crippen MR) is 75.7 cm³/mol. The van der Waals surface area contributed by atoms with E-state index >= 15 is 0 Å². The third-order valence-corrected chi connectivity index (χ3v) is 3.78. The zero-order chi connectivity index (χ0) is 13.3. The molecule has 0 spiro atoms. The fourth-order valence-electron chi connectivity index (χ4n) is 2.14. The molecule has 1 aliphatic rings. The van der Waals surface area contributed by atoms with Crippen LogP contribution in [0.25, 0.3) is 0 Å². The molecule has 1 heterocycles. The molecular weight excluding hydrogens is 306 g/mol.